The molecular weight excluding hydrogens is 236 g/mol. The van der Waals surface area contributed by atoms with E-state index in [4.69, 9.17) is 4.74 Å². The lowest BCUT2D eigenvalue weighted by Gasteiger charge is -2.47. The molecule has 0 aromatic carbocycles. The molecule has 19 heavy (non-hydrogen) atoms. The third-order valence-corrected chi connectivity index (χ3v) is 4.06. The summed E-state index contributed by atoms with van der Waals surface area (Å²) in [7, 11) is 1.80. The number of rotatable bonds is 5. The number of ether oxygens (including phenoxy) is 1. The largest absolute Gasteiger partial charge is 0.379 e. The van der Waals surface area contributed by atoms with E-state index in [1.807, 2.05) is 0 Å². The van der Waals surface area contributed by atoms with Gasteiger partial charge in [0.2, 0.25) is 0 Å². The summed E-state index contributed by atoms with van der Waals surface area (Å²) in [5, 5.41) is 7.53. The molecule has 0 aromatic rings. The molecule has 1 aliphatic heterocycles. The van der Waals surface area contributed by atoms with Crippen molar-refractivity contribution in [3.8, 4) is 0 Å². The summed E-state index contributed by atoms with van der Waals surface area (Å²) in [5.74, 6) is 0. The Morgan fingerprint density at radius 3 is 2.11 bits per heavy atom. The van der Waals surface area contributed by atoms with E-state index in [1.54, 1.807) is 7.11 Å². The standard InChI is InChI=1S/C16H34N2O/c1-12(9-16(6,7)19-8)17-13-10-14(2,3)18-15(4,5)11-13/h12-13,17-18H,9-11H2,1-8H3. The van der Waals surface area contributed by atoms with Crippen LogP contribution >= 0.6 is 0 Å². The van der Waals surface area contributed by atoms with Crippen LogP contribution in [0.4, 0.5) is 0 Å². The highest BCUT2D eigenvalue weighted by Crippen LogP contribution is 2.29. The van der Waals surface area contributed by atoms with Crippen molar-refractivity contribution < 1.29 is 4.74 Å². The lowest BCUT2D eigenvalue weighted by molar-refractivity contribution is 0.00608. The van der Waals surface area contributed by atoms with Gasteiger partial charge in [-0.15, -0.1) is 0 Å². The Hall–Kier alpha value is -0.120. The molecule has 1 fully saturated rings. The maximum Gasteiger partial charge on any atom is 0.0637 e. The van der Waals surface area contributed by atoms with Crippen LogP contribution in [0.3, 0.4) is 0 Å². The van der Waals surface area contributed by atoms with Crippen LogP contribution in [-0.4, -0.2) is 35.9 Å². The first-order chi connectivity index (χ1) is 8.45. The van der Waals surface area contributed by atoms with Crippen LogP contribution in [0.2, 0.25) is 0 Å². The van der Waals surface area contributed by atoms with E-state index >= 15 is 0 Å². The van der Waals surface area contributed by atoms with Crippen LogP contribution in [0, 0.1) is 0 Å². The van der Waals surface area contributed by atoms with E-state index in [2.05, 4.69) is 59.1 Å². The number of hydrogen-bond acceptors (Lipinski definition) is 3. The molecule has 0 saturated carbocycles. The fourth-order valence-corrected chi connectivity index (χ4v) is 3.72. The molecule has 1 unspecified atom stereocenters. The van der Waals surface area contributed by atoms with Crippen molar-refractivity contribution in [2.45, 2.75) is 96.5 Å². The Morgan fingerprint density at radius 1 is 1.21 bits per heavy atom. The van der Waals surface area contributed by atoms with Crippen LogP contribution in [0.1, 0.15) is 67.7 Å². The van der Waals surface area contributed by atoms with Gasteiger partial charge in [-0.1, -0.05) is 0 Å². The van der Waals surface area contributed by atoms with Gasteiger partial charge in [-0.2, -0.15) is 0 Å². The first kappa shape index (κ1) is 16.9. The minimum atomic E-state index is -0.0512. The zero-order valence-electron chi connectivity index (χ0n) is 14.2. The van der Waals surface area contributed by atoms with Gasteiger partial charge in [0.05, 0.1) is 5.60 Å². The fourth-order valence-electron chi connectivity index (χ4n) is 3.72. The van der Waals surface area contributed by atoms with Crippen molar-refractivity contribution in [3.63, 3.8) is 0 Å². The monoisotopic (exact) mass is 270 g/mol. The van der Waals surface area contributed by atoms with Gasteiger partial charge in [0.1, 0.15) is 0 Å². The van der Waals surface area contributed by atoms with Crippen LogP contribution in [0.5, 0.6) is 0 Å². The van der Waals surface area contributed by atoms with Crippen LogP contribution < -0.4 is 10.6 Å². The zero-order chi connectivity index (χ0) is 14.9. The Morgan fingerprint density at radius 2 is 1.68 bits per heavy atom. The molecule has 0 amide bonds. The molecular formula is C16H34N2O. The highest BCUT2D eigenvalue weighted by atomic mass is 16.5. The van der Waals surface area contributed by atoms with Crippen LogP contribution in [0.15, 0.2) is 0 Å². The lowest BCUT2D eigenvalue weighted by Crippen LogP contribution is -2.62. The molecule has 0 spiro atoms. The third kappa shape index (κ3) is 5.80. The minimum Gasteiger partial charge on any atom is -0.379 e. The van der Waals surface area contributed by atoms with Crippen molar-refractivity contribution in [1.82, 2.24) is 10.6 Å². The topological polar surface area (TPSA) is 33.3 Å². The van der Waals surface area contributed by atoms with Crippen LogP contribution in [-0.2, 0) is 4.74 Å². The smallest absolute Gasteiger partial charge is 0.0637 e. The van der Waals surface area contributed by atoms with E-state index in [1.165, 1.54) is 12.8 Å². The number of hydrogen-bond donors (Lipinski definition) is 2. The molecule has 1 atom stereocenters. The quantitative estimate of drug-likeness (QED) is 0.805. The molecule has 2 N–H and O–H groups in total. The molecule has 0 radical (unpaired) electrons. The van der Waals surface area contributed by atoms with Gasteiger partial charge in [0.25, 0.3) is 0 Å². The van der Waals surface area contributed by atoms with Crippen molar-refractivity contribution in [2.75, 3.05) is 7.11 Å². The van der Waals surface area contributed by atoms with Crippen LogP contribution in [0.25, 0.3) is 0 Å². The Balaban J connectivity index is 2.57. The molecule has 0 aliphatic carbocycles. The highest BCUT2D eigenvalue weighted by molar-refractivity contribution is 5.00. The van der Waals surface area contributed by atoms with Gasteiger partial charge in [-0.05, 0) is 67.7 Å². The van der Waals surface area contributed by atoms with Crippen molar-refractivity contribution in [2.24, 2.45) is 0 Å². The van der Waals surface area contributed by atoms with Gasteiger partial charge in [0, 0.05) is 30.3 Å². The highest BCUT2D eigenvalue weighted by Gasteiger charge is 2.38. The summed E-state index contributed by atoms with van der Waals surface area (Å²) < 4.78 is 5.53. The SMILES string of the molecule is COC(C)(C)CC(C)NC1CC(C)(C)NC(C)(C)C1. The molecule has 3 nitrogen and oxygen atoms in total. The van der Waals surface area contributed by atoms with E-state index in [-0.39, 0.29) is 16.7 Å². The lowest BCUT2D eigenvalue weighted by atomic mass is 9.79. The summed E-state index contributed by atoms with van der Waals surface area (Å²) in [5.41, 5.74) is 0.357. The molecule has 1 rings (SSSR count). The Kier molecular flexibility index (Phi) is 5.09. The van der Waals surface area contributed by atoms with E-state index in [9.17, 15) is 0 Å². The summed E-state index contributed by atoms with van der Waals surface area (Å²) in [6, 6.07) is 1.05. The first-order valence-electron chi connectivity index (χ1n) is 7.55. The zero-order valence-corrected chi connectivity index (χ0v) is 14.2. The molecule has 0 aromatic heterocycles. The third-order valence-electron chi connectivity index (χ3n) is 4.06. The minimum absolute atomic E-state index is 0.0512. The molecule has 1 heterocycles. The van der Waals surface area contributed by atoms with Gasteiger partial charge in [0.15, 0.2) is 0 Å². The van der Waals surface area contributed by atoms with E-state index < -0.39 is 0 Å². The van der Waals surface area contributed by atoms with E-state index in [0.29, 0.717) is 12.1 Å². The molecule has 3 heteroatoms. The maximum absolute atomic E-state index is 5.53. The summed E-state index contributed by atoms with van der Waals surface area (Å²) >= 11 is 0. The normalized spacial score (nSPS) is 25.3. The number of piperidine rings is 1. The van der Waals surface area contributed by atoms with Crippen molar-refractivity contribution in [3.05, 3.63) is 0 Å². The molecule has 1 aliphatic rings. The van der Waals surface area contributed by atoms with Gasteiger partial charge in [-0.25, -0.2) is 0 Å². The first-order valence-corrected chi connectivity index (χ1v) is 7.55. The average Bonchev–Trinajstić information content (AvgIpc) is 2.10. The molecule has 1 saturated heterocycles. The predicted molar refractivity (Wildman–Crippen MR) is 82.6 cm³/mol. The van der Waals surface area contributed by atoms with Gasteiger partial charge >= 0.3 is 0 Å². The van der Waals surface area contributed by atoms with Gasteiger partial charge in [-0.3, -0.25) is 0 Å². The second-order valence-electron chi connectivity index (χ2n) is 8.23. The number of nitrogens with one attached hydrogen (secondary N) is 2. The Labute approximate surface area is 119 Å². The summed E-state index contributed by atoms with van der Waals surface area (Å²) in [6.07, 6.45) is 3.39. The Bertz CT molecular complexity index is 281. The second-order valence-corrected chi connectivity index (χ2v) is 8.23. The maximum atomic E-state index is 5.53. The number of methoxy groups -OCH3 is 1. The van der Waals surface area contributed by atoms with E-state index in [0.717, 1.165) is 6.42 Å². The summed E-state index contributed by atoms with van der Waals surface area (Å²) in [4.78, 5) is 0. The fraction of sp³-hybridized carbons (Fsp3) is 1.00. The average molecular weight is 270 g/mol. The van der Waals surface area contributed by atoms with Crippen molar-refractivity contribution >= 4 is 0 Å². The summed E-state index contributed by atoms with van der Waals surface area (Å²) in [6.45, 7) is 15.8. The van der Waals surface area contributed by atoms with Gasteiger partial charge < -0.3 is 15.4 Å². The molecule has 114 valence electrons. The van der Waals surface area contributed by atoms with Crippen molar-refractivity contribution in [1.29, 1.82) is 0 Å². The predicted octanol–water partition coefficient (Wildman–Crippen LogP) is 3.09. The molecule has 0 bridgehead atoms. The second kappa shape index (κ2) is 5.71.